The molecule has 4 amide bonds. The van der Waals surface area contributed by atoms with E-state index in [0.717, 1.165) is 16.9 Å². The molecule has 2 aliphatic heterocycles. The Labute approximate surface area is 192 Å². The number of hydrogen-bond donors (Lipinski definition) is 2. The van der Waals surface area contributed by atoms with Crippen molar-refractivity contribution in [3.8, 4) is 0 Å². The number of imide groups is 1. The second-order valence-electron chi connectivity index (χ2n) is 9.00. The Morgan fingerprint density at radius 3 is 2.36 bits per heavy atom. The average Bonchev–Trinajstić information content (AvgIpc) is 3.08. The van der Waals surface area contributed by atoms with Crippen LogP contribution >= 0.6 is 0 Å². The number of nitrogens with zero attached hydrogens (tertiary/aromatic N) is 3. The molecule has 2 aliphatic rings. The van der Waals surface area contributed by atoms with Crippen molar-refractivity contribution in [2.24, 2.45) is 5.92 Å². The zero-order chi connectivity index (χ0) is 23.9. The summed E-state index contributed by atoms with van der Waals surface area (Å²) in [6.07, 6.45) is 1.83. The van der Waals surface area contributed by atoms with E-state index in [1.165, 1.54) is 18.2 Å². The van der Waals surface area contributed by atoms with E-state index in [9.17, 15) is 14.4 Å². The van der Waals surface area contributed by atoms with Gasteiger partial charge >= 0.3 is 6.03 Å². The minimum Gasteiger partial charge on any atom is -0.353 e. The Morgan fingerprint density at radius 2 is 1.82 bits per heavy atom. The molecule has 0 saturated carbocycles. The van der Waals surface area contributed by atoms with Crippen molar-refractivity contribution in [2.45, 2.75) is 33.2 Å². The number of halogens is 1. The minimum atomic E-state index is -1.37. The van der Waals surface area contributed by atoms with Crippen molar-refractivity contribution in [1.29, 1.82) is 0 Å². The van der Waals surface area contributed by atoms with E-state index >= 15 is 4.39 Å². The van der Waals surface area contributed by atoms with Crippen molar-refractivity contribution in [1.82, 2.24) is 20.5 Å². The fourth-order valence-electron chi connectivity index (χ4n) is 4.68. The summed E-state index contributed by atoms with van der Waals surface area (Å²) in [5.74, 6) is -1.07. The van der Waals surface area contributed by atoms with Gasteiger partial charge < -0.3 is 15.1 Å². The lowest BCUT2D eigenvalue weighted by Crippen LogP contribution is -2.49. The van der Waals surface area contributed by atoms with Crippen molar-refractivity contribution in [2.75, 3.05) is 31.1 Å². The number of benzene rings is 1. The van der Waals surface area contributed by atoms with E-state index in [2.05, 4.69) is 26.6 Å². The number of aryl methyl sites for hydroxylation is 2. The standard InChI is InChI=1S/C24H28FN5O3/c1-14(2)24(22(32)27-23(33)28-24)17-5-6-18(19(25)12-17)21(31)30-9-7-29(8-10-30)20-16(4)11-15(3)13-26-20/h5-6,11-14H,7-10H2,1-4H3,(H2,27,28,32,33). The molecule has 1 atom stereocenters. The molecule has 8 nitrogen and oxygen atoms in total. The van der Waals surface area contributed by atoms with Crippen LogP contribution in [0.4, 0.5) is 15.0 Å². The van der Waals surface area contributed by atoms with Gasteiger partial charge in [-0.3, -0.25) is 14.9 Å². The Balaban J connectivity index is 1.51. The van der Waals surface area contributed by atoms with E-state index in [-0.39, 0.29) is 11.5 Å². The number of nitrogens with one attached hydrogen (secondary N) is 2. The lowest BCUT2D eigenvalue weighted by Gasteiger charge is -2.36. The molecule has 1 aromatic heterocycles. The molecule has 2 N–H and O–H groups in total. The van der Waals surface area contributed by atoms with E-state index in [0.29, 0.717) is 31.7 Å². The number of amides is 4. The van der Waals surface area contributed by atoms with Gasteiger partial charge in [0.1, 0.15) is 17.2 Å². The number of urea groups is 1. The fraction of sp³-hybridized carbons (Fsp3) is 0.417. The molecule has 0 bridgehead atoms. The molecule has 2 saturated heterocycles. The monoisotopic (exact) mass is 453 g/mol. The van der Waals surface area contributed by atoms with Gasteiger partial charge in [0.25, 0.3) is 11.8 Å². The van der Waals surface area contributed by atoms with E-state index in [1.807, 2.05) is 20.0 Å². The van der Waals surface area contributed by atoms with E-state index in [4.69, 9.17) is 0 Å². The number of pyridine rings is 1. The van der Waals surface area contributed by atoms with Crippen LogP contribution in [0.1, 0.15) is 40.9 Å². The molecule has 0 spiro atoms. The maximum atomic E-state index is 15.1. The maximum absolute atomic E-state index is 15.1. The first-order valence-corrected chi connectivity index (χ1v) is 11.0. The molecule has 2 fully saturated rings. The molecule has 33 heavy (non-hydrogen) atoms. The second kappa shape index (κ2) is 8.46. The van der Waals surface area contributed by atoms with Crippen molar-refractivity contribution < 1.29 is 18.8 Å². The van der Waals surface area contributed by atoms with Crippen LogP contribution in [-0.2, 0) is 10.3 Å². The van der Waals surface area contributed by atoms with Gasteiger partial charge in [-0.15, -0.1) is 0 Å². The number of aromatic nitrogens is 1. The predicted octanol–water partition coefficient (Wildman–Crippen LogP) is 2.49. The zero-order valence-electron chi connectivity index (χ0n) is 19.2. The number of anilines is 1. The summed E-state index contributed by atoms with van der Waals surface area (Å²) < 4.78 is 15.1. The van der Waals surface area contributed by atoms with Crippen molar-refractivity contribution in [3.63, 3.8) is 0 Å². The van der Waals surface area contributed by atoms with Gasteiger partial charge in [-0.1, -0.05) is 26.0 Å². The largest absolute Gasteiger partial charge is 0.353 e. The SMILES string of the molecule is Cc1cnc(N2CCN(C(=O)c3ccc(C4(C(C)C)NC(=O)NC4=O)cc3F)CC2)c(C)c1. The topological polar surface area (TPSA) is 94.6 Å². The number of hydrogen-bond acceptors (Lipinski definition) is 5. The van der Waals surface area contributed by atoms with Crippen LogP contribution in [-0.4, -0.2) is 53.9 Å². The van der Waals surface area contributed by atoms with Gasteiger partial charge in [0.05, 0.1) is 5.56 Å². The van der Waals surface area contributed by atoms with Gasteiger partial charge in [-0.2, -0.15) is 0 Å². The summed E-state index contributed by atoms with van der Waals surface area (Å²) in [7, 11) is 0. The third-order valence-electron chi connectivity index (χ3n) is 6.47. The van der Waals surface area contributed by atoms with E-state index < -0.39 is 29.2 Å². The predicted molar refractivity (Wildman–Crippen MR) is 121 cm³/mol. The fourth-order valence-corrected chi connectivity index (χ4v) is 4.68. The Bertz CT molecular complexity index is 1130. The van der Waals surface area contributed by atoms with Crippen LogP contribution in [0.15, 0.2) is 30.5 Å². The van der Waals surface area contributed by atoms with Crippen molar-refractivity contribution in [3.05, 3.63) is 58.5 Å². The first-order valence-electron chi connectivity index (χ1n) is 11.0. The molecule has 2 aromatic rings. The highest BCUT2D eigenvalue weighted by molar-refractivity contribution is 6.07. The summed E-state index contributed by atoms with van der Waals surface area (Å²) in [6, 6.07) is 5.57. The molecule has 9 heteroatoms. The highest BCUT2D eigenvalue weighted by Gasteiger charge is 2.50. The van der Waals surface area contributed by atoms with Gasteiger partial charge in [0, 0.05) is 32.4 Å². The van der Waals surface area contributed by atoms with Crippen LogP contribution < -0.4 is 15.5 Å². The molecule has 0 aliphatic carbocycles. The summed E-state index contributed by atoms with van der Waals surface area (Å²) in [5.41, 5.74) is 1.06. The third-order valence-corrected chi connectivity index (χ3v) is 6.47. The Hall–Kier alpha value is -3.49. The first-order chi connectivity index (χ1) is 15.6. The number of carbonyl (C=O) groups is 3. The van der Waals surface area contributed by atoms with E-state index in [1.54, 1.807) is 18.7 Å². The molecule has 1 unspecified atom stereocenters. The van der Waals surface area contributed by atoms with Crippen molar-refractivity contribution >= 4 is 23.7 Å². The van der Waals surface area contributed by atoms with Crippen LogP contribution in [0, 0.1) is 25.6 Å². The van der Waals surface area contributed by atoms with Crippen LogP contribution in [0.5, 0.6) is 0 Å². The highest BCUT2D eigenvalue weighted by Crippen LogP contribution is 2.34. The first kappa shape index (κ1) is 22.7. The average molecular weight is 454 g/mol. The second-order valence-corrected chi connectivity index (χ2v) is 9.00. The molecule has 174 valence electrons. The minimum absolute atomic E-state index is 0.0551. The van der Waals surface area contributed by atoms with Gasteiger partial charge in [0.2, 0.25) is 0 Å². The Morgan fingerprint density at radius 1 is 1.12 bits per heavy atom. The van der Waals surface area contributed by atoms with Crippen LogP contribution in [0.2, 0.25) is 0 Å². The summed E-state index contributed by atoms with van der Waals surface area (Å²) >= 11 is 0. The van der Waals surface area contributed by atoms with Gasteiger partial charge in [-0.25, -0.2) is 14.2 Å². The molecule has 1 aromatic carbocycles. The maximum Gasteiger partial charge on any atom is 0.322 e. The number of rotatable bonds is 4. The number of piperazine rings is 1. The smallest absolute Gasteiger partial charge is 0.322 e. The zero-order valence-corrected chi connectivity index (χ0v) is 19.2. The molecule has 3 heterocycles. The molecule has 4 rings (SSSR count). The number of carbonyl (C=O) groups excluding carboxylic acids is 3. The van der Waals surface area contributed by atoms with Crippen LogP contribution in [0.25, 0.3) is 0 Å². The Kier molecular flexibility index (Phi) is 5.82. The summed E-state index contributed by atoms with van der Waals surface area (Å²) in [5, 5.41) is 4.85. The quantitative estimate of drug-likeness (QED) is 0.694. The summed E-state index contributed by atoms with van der Waals surface area (Å²) in [4.78, 5) is 45.6. The highest BCUT2D eigenvalue weighted by atomic mass is 19.1. The van der Waals surface area contributed by atoms with Gasteiger partial charge in [0.15, 0.2) is 0 Å². The molecular weight excluding hydrogens is 425 g/mol. The summed E-state index contributed by atoms with van der Waals surface area (Å²) in [6.45, 7) is 9.65. The third kappa shape index (κ3) is 3.92. The lowest BCUT2D eigenvalue weighted by molar-refractivity contribution is -0.125. The molecular formula is C24H28FN5O3. The molecule has 0 radical (unpaired) electrons. The normalized spacial score (nSPS) is 20.8. The lowest BCUT2D eigenvalue weighted by atomic mass is 9.79. The van der Waals surface area contributed by atoms with Crippen LogP contribution in [0.3, 0.4) is 0 Å². The van der Waals surface area contributed by atoms with Gasteiger partial charge in [-0.05, 0) is 48.6 Å².